The van der Waals surface area contributed by atoms with Gasteiger partial charge >= 0.3 is 5.97 Å². The molecule has 0 N–H and O–H groups in total. The molecule has 16 heavy (non-hydrogen) atoms. The number of ether oxygens (including phenoxy) is 1. The van der Waals surface area contributed by atoms with Crippen molar-refractivity contribution in [3.63, 3.8) is 0 Å². The van der Waals surface area contributed by atoms with Crippen molar-refractivity contribution in [2.75, 3.05) is 0 Å². The van der Waals surface area contributed by atoms with Crippen LogP contribution in [0, 0.1) is 5.41 Å². The maximum atomic E-state index is 11.7. The number of Topliss-reactive ketones (excluding diaryl/α,β-unsaturated/α-hetero) is 1. The van der Waals surface area contributed by atoms with Crippen LogP contribution >= 0.6 is 0 Å². The summed E-state index contributed by atoms with van der Waals surface area (Å²) in [6.07, 6.45) is 2.11. The van der Waals surface area contributed by atoms with E-state index in [1.54, 1.807) is 0 Å². The predicted octanol–water partition coefficient (Wildman–Crippen LogP) is 2.64. The summed E-state index contributed by atoms with van der Waals surface area (Å²) in [7, 11) is 0. The minimum absolute atomic E-state index is 0.159. The van der Waals surface area contributed by atoms with Crippen molar-refractivity contribution >= 4 is 11.8 Å². The molecule has 1 fully saturated rings. The van der Waals surface area contributed by atoms with E-state index in [1.807, 2.05) is 20.8 Å². The zero-order chi connectivity index (χ0) is 12.3. The first kappa shape index (κ1) is 12.9. The Kier molecular flexibility index (Phi) is 3.89. The van der Waals surface area contributed by atoms with Crippen molar-refractivity contribution in [3.05, 3.63) is 12.2 Å². The molecule has 0 aromatic rings. The van der Waals surface area contributed by atoms with Crippen molar-refractivity contribution in [2.24, 2.45) is 5.41 Å². The minimum Gasteiger partial charge on any atom is -0.458 e. The normalized spacial score (nSPS) is 20.7. The van der Waals surface area contributed by atoms with Gasteiger partial charge < -0.3 is 4.74 Å². The fraction of sp³-hybridized carbons (Fsp3) is 0.692. The molecule has 0 bridgehead atoms. The Morgan fingerprint density at radius 1 is 1.44 bits per heavy atom. The Bertz CT molecular complexity index is 310. The standard InChI is InChI=1S/C13H20O3/c1-9(10-6-8-12(15)16-10)5-7-11(14)13(2,3)4/h10H,1,5-8H2,2-4H3. The largest absolute Gasteiger partial charge is 0.458 e. The van der Waals surface area contributed by atoms with Crippen molar-refractivity contribution in [2.45, 2.75) is 52.6 Å². The maximum absolute atomic E-state index is 11.7. The highest BCUT2D eigenvalue weighted by atomic mass is 16.5. The summed E-state index contributed by atoms with van der Waals surface area (Å²) >= 11 is 0. The molecule has 3 nitrogen and oxygen atoms in total. The maximum Gasteiger partial charge on any atom is 0.306 e. The molecule has 0 saturated carbocycles. The highest BCUT2D eigenvalue weighted by Crippen LogP contribution is 2.25. The third-order valence-corrected chi connectivity index (χ3v) is 2.85. The molecule has 0 aliphatic carbocycles. The first-order valence-corrected chi connectivity index (χ1v) is 5.71. The monoisotopic (exact) mass is 224 g/mol. The van der Waals surface area contributed by atoms with Crippen molar-refractivity contribution in [1.29, 1.82) is 0 Å². The number of carbonyl (C=O) groups is 2. The van der Waals surface area contributed by atoms with E-state index in [0.717, 1.165) is 5.57 Å². The molecule has 1 aliphatic rings. The Labute approximate surface area is 96.9 Å². The first-order chi connectivity index (χ1) is 7.30. The van der Waals surface area contributed by atoms with Crippen LogP contribution in [0.5, 0.6) is 0 Å². The smallest absolute Gasteiger partial charge is 0.306 e. The van der Waals surface area contributed by atoms with Gasteiger partial charge in [0.25, 0.3) is 0 Å². The Hall–Kier alpha value is -1.12. The molecule has 0 radical (unpaired) electrons. The van der Waals surface area contributed by atoms with E-state index in [2.05, 4.69) is 6.58 Å². The molecule has 0 spiro atoms. The van der Waals surface area contributed by atoms with Crippen molar-refractivity contribution < 1.29 is 14.3 Å². The topological polar surface area (TPSA) is 43.4 Å². The Morgan fingerprint density at radius 3 is 2.50 bits per heavy atom. The summed E-state index contributed by atoms with van der Waals surface area (Å²) in [5.41, 5.74) is 0.565. The van der Waals surface area contributed by atoms with E-state index in [0.29, 0.717) is 25.7 Å². The number of hydrogen-bond donors (Lipinski definition) is 0. The molecule has 3 heteroatoms. The number of esters is 1. The van der Waals surface area contributed by atoms with E-state index >= 15 is 0 Å². The van der Waals surface area contributed by atoms with E-state index in [-0.39, 0.29) is 23.3 Å². The fourth-order valence-corrected chi connectivity index (χ4v) is 1.62. The van der Waals surface area contributed by atoms with Crippen LogP contribution in [-0.4, -0.2) is 17.9 Å². The summed E-state index contributed by atoms with van der Waals surface area (Å²) in [6, 6.07) is 0. The average Bonchev–Trinajstić information content (AvgIpc) is 2.59. The molecule has 1 aliphatic heterocycles. The van der Waals surface area contributed by atoms with Crippen LogP contribution in [0.3, 0.4) is 0 Å². The van der Waals surface area contributed by atoms with E-state index in [1.165, 1.54) is 0 Å². The van der Waals surface area contributed by atoms with Crippen LogP contribution in [0.25, 0.3) is 0 Å². The van der Waals surface area contributed by atoms with E-state index in [9.17, 15) is 9.59 Å². The van der Waals surface area contributed by atoms with Gasteiger partial charge in [0.1, 0.15) is 11.9 Å². The van der Waals surface area contributed by atoms with Gasteiger partial charge in [-0.05, 0) is 18.4 Å². The second-order valence-electron chi connectivity index (χ2n) is 5.35. The lowest BCUT2D eigenvalue weighted by atomic mass is 9.87. The highest BCUT2D eigenvalue weighted by molar-refractivity contribution is 5.83. The molecule has 1 heterocycles. The van der Waals surface area contributed by atoms with Gasteiger partial charge in [-0.2, -0.15) is 0 Å². The highest BCUT2D eigenvalue weighted by Gasteiger charge is 2.27. The molecule has 1 saturated heterocycles. The van der Waals surface area contributed by atoms with Crippen LogP contribution < -0.4 is 0 Å². The summed E-state index contributed by atoms with van der Waals surface area (Å²) in [4.78, 5) is 22.6. The third kappa shape index (κ3) is 3.47. The summed E-state index contributed by atoms with van der Waals surface area (Å²) < 4.78 is 5.09. The molecule has 90 valence electrons. The molecule has 0 amide bonds. The molecule has 1 unspecified atom stereocenters. The molecule has 1 atom stereocenters. The van der Waals surface area contributed by atoms with Gasteiger partial charge in [0.05, 0.1) is 0 Å². The fourth-order valence-electron chi connectivity index (χ4n) is 1.62. The average molecular weight is 224 g/mol. The number of hydrogen-bond acceptors (Lipinski definition) is 3. The summed E-state index contributed by atoms with van der Waals surface area (Å²) in [5.74, 6) is 0.0614. The van der Waals surface area contributed by atoms with Crippen LogP contribution in [0.4, 0.5) is 0 Å². The van der Waals surface area contributed by atoms with Gasteiger partial charge in [0, 0.05) is 18.3 Å². The number of cyclic esters (lactones) is 1. The number of rotatable bonds is 4. The number of carbonyl (C=O) groups excluding carboxylic acids is 2. The lowest BCUT2D eigenvalue weighted by molar-refractivity contribution is -0.140. The number of ketones is 1. The lowest BCUT2D eigenvalue weighted by Gasteiger charge is -2.18. The lowest BCUT2D eigenvalue weighted by Crippen LogP contribution is -2.20. The summed E-state index contributed by atoms with van der Waals surface area (Å²) in [6.45, 7) is 9.63. The third-order valence-electron chi connectivity index (χ3n) is 2.85. The van der Waals surface area contributed by atoms with Gasteiger partial charge in [-0.25, -0.2) is 0 Å². The van der Waals surface area contributed by atoms with Crippen LogP contribution in [0.15, 0.2) is 12.2 Å². The van der Waals surface area contributed by atoms with Crippen molar-refractivity contribution in [1.82, 2.24) is 0 Å². The van der Waals surface area contributed by atoms with Gasteiger partial charge in [0.2, 0.25) is 0 Å². The molecule has 0 aromatic heterocycles. The molecular weight excluding hydrogens is 204 g/mol. The van der Waals surface area contributed by atoms with Crippen LogP contribution in [0.1, 0.15) is 46.5 Å². The van der Waals surface area contributed by atoms with Gasteiger partial charge in [0.15, 0.2) is 0 Å². The van der Waals surface area contributed by atoms with Gasteiger partial charge in [-0.3, -0.25) is 9.59 Å². The molecule has 1 rings (SSSR count). The Morgan fingerprint density at radius 2 is 2.06 bits per heavy atom. The summed E-state index contributed by atoms with van der Waals surface area (Å²) in [5, 5.41) is 0. The Balaban J connectivity index is 2.36. The predicted molar refractivity (Wildman–Crippen MR) is 62.0 cm³/mol. The zero-order valence-electron chi connectivity index (χ0n) is 10.3. The van der Waals surface area contributed by atoms with Crippen LogP contribution in [0.2, 0.25) is 0 Å². The first-order valence-electron chi connectivity index (χ1n) is 5.71. The zero-order valence-corrected chi connectivity index (χ0v) is 10.3. The van der Waals surface area contributed by atoms with E-state index in [4.69, 9.17) is 4.74 Å². The molecular formula is C13H20O3. The second kappa shape index (κ2) is 4.81. The van der Waals surface area contributed by atoms with Crippen LogP contribution in [-0.2, 0) is 14.3 Å². The van der Waals surface area contributed by atoms with Gasteiger partial charge in [-0.1, -0.05) is 27.4 Å². The second-order valence-corrected chi connectivity index (χ2v) is 5.35. The van der Waals surface area contributed by atoms with Gasteiger partial charge in [-0.15, -0.1) is 0 Å². The molecule has 0 aromatic carbocycles. The SMILES string of the molecule is C=C(CCC(=O)C(C)(C)C)C1CCC(=O)O1. The van der Waals surface area contributed by atoms with E-state index < -0.39 is 0 Å². The quantitative estimate of drug-likeness (QED) is 0.544. The van der Waals surface area contributed by atoms with Crippen molar-refractivity contribution in [3.8, 4) is 0 Å². The minimum atomic E-state index is -0.299.